The highest BCUT2D eigenvalue weighted by Gasteiger charge is 2.62. The average molecular weight is 542 g/mol. The maximum atomic E-state index is 12.3. The van der Waals surface area contributed by atoms with Crippen molar-refractivity contribution in [1.29, 1.82) is 0 Å². The number of carbonyl (C=O) groups is 2. The maximum Gasteiger partial charge on any atom is 0.407 e. The minimum atomic E-state index is -0.979. The predicted octanol–water partition coefficient (Wildman–Crippen LogP) is 5.63. The number of fused-ring (bicyclic) bond motifs is 5. The molecule has 0 heterocycles. The van der Waals surface area contributed by atoms with Crippen LogP contribution in [0, 0.1) is 46.3 Å². The van der Waals surface area contributed by atoms with Crippen LogP contribution in [0.25, 0.3) is 0 Å². The van der Waals surface area contributed by atoms with Crippen molar-refractivity contribution in [3.63, 3.8) is 0 Å². The van der Waals surface area contributed by atoms with E-state index in [1.54, 1.807) is 12.1 Å². The molecule has 10 atom stereocenters. The molecule has 4 aliphatic rings. The molecule has 216 valence electrons. The first-order valence-corrected chi connectivity index (χ1v) is 15.1. The van der Waals surface area contributed by atoms with Gasteiger partial charge in [-0.05, 0) is 122 Å². The Labute approximate surface area is 232 Å². The number of rotatable bonds is 7. The lowest BCUT2D eigenvalue weighted by molar-refractivity contribution is -0.174. The summed E-state index contributed by atoms with van der Waals surface area (Å²) in [5.74, 6) is 1.99. The Kier molecular flexibility index (Phi) is 8.04. The minimum absolute atomic E-state index is 0.104. The van der Waals surface area contributed by atoms with Crippen LogP contribution in [0.2, 0.25) is 0 Å². The second-order valence-corrected chi connectivity index (χ2v) is 13.7. The van der Waals surface area contributed by atoms with Crippen molar-refractivity contribution >= 4 is 12.1 Å². The molecule has 1 amide bonds. The fraction of sp³-hybridized carbons (Fsp3) is 0.750. The van der Waals surface area contributed by atoms with Crippen LogP contribution in [0.3, 0.4) is 0 Å². The molecule has 0 aromatic heterocycles. The number of carboxylic acids is 1. The number of hydrogen-bond acceptors (Lipinski definition) is 5. The summed E-state index contributed by atoms with van der Waals surface area (Å²) in [6.45, 7) is 7.92. The molecule has 0 aliphatic heterocycles. The summed E-state index contributed by atoms with van der Waals surface area (Å²) in [4.78, 5) is 23.3. The third kappa shape index (κ3) is 5.33. The molecular formula is C32H47NO6. The monoisotopic (exact) mass is 541 g/mol. The van der Waals surface area contributed by atoms with Crippen molar-refractivity contribution in [2.75, 3.05) is 6.54 Å². The number of ether oxygens (including phenoxy) is 1. The fourth-order valence-corrected chi connectivity index (χ4v) is 9.72. The van der Waals surface area contributed by atoms with Gasteiger partial charge in [-0.3, -0.25) is 0 Å². The number of amides is 1. The Bertz CT molecular complexity index is 1040. The Morgan fingerprint density at radius 3 is 2.41 bits per heavy atom. The van der Waals surface area contributed by atoms with Crippen LogP contribution < -0.4 is 5.32 Å². The summed E-state index contributed by atoms with van der Waals surface area (Å²) in [5, 5.41) is 33.6. The number of carboxylic acid groups (broad SMARTS) is 1. The van der Waals surface area contributed by atoms with Crippen LogP contribution >= 0.6 is 0 Å². The second-order valence-electron chi connectivity index (χ2n) is 13.7. The first-order valence-electron chi connectivity index (χ1n) is 15.1. The van der Waals surface area contributed by atoms with E-state index in [4.69, 9.17) is 9.84 Å². The van der Waals surface area contributed by atoms with Crippen molar-refractivity contribution in [1.82, 2.24) is 5.32 Å². The van der Waals surface area contributed by atoms with Gasteiger partial charge in [0.2, 0.25) is 0 Å². The summed E-state index contributed by atoms with van der Waals surface area (Å²) < 4.78 is 5.33. The van der Waals surface area contributed by atoms with E-state index < -0.39 is 12.1 Å². The van der Waals surface area contributed by atoms with Gasteiger partial charge in [-0.2, -0.15) is 0 Å². The van der Waals surface area contributed by atoms with Gasteiger partial charge in [0.25, 0.3) is 0 Å². The minimum Gasteiger partial charge on any atom is -0.478 e. The van der Waals surface area contributed by atoms with Gasteiger partial charge in [0.05, 0.1) is 17.8 Å². The van der Waals surface area contributed by atoms with E-state index in [0.717, 1.165) is 37.7 Å². The fourth-order valence-electron chi connectivity index (χ4n) is 9.72. The van der Waals surface area contributed by atoms with E-state index in [2.05, 4.69) is 26.1 Å². The second kappa shape index (κ2) is 11.0. The van der Waals surface area contributed by atoms with E-state index in [1.165, 1.54) is 37.8 Å². The van der Waals surface area contributed by atoms with Crippen LogP contribution in [-0.4, -0.2) is 46.1 Å². The number of carbonyl (C=O) groups excluding carboxylic acids is 1. The molecule has 39 heavy (non-hydrogen) atoms. The summed E-state index contributed by atoms with van der Waals surface area (Å²) >= 11 is 0. The predicted molar refractivity (Wildman–Crippen MR) is 148 cm³/mol. The van der Waals surface area contributed by atoms with Gasteiger partial charge in [0, 0.05) is 6.54 Å². The van der Waals surface area contributed by atoms with Gasteiger partial charge in [0.1, 0.15) is 6.61 Å². The van der Waals surface area contributed by atoms with Crippen LogP contribution in [-0.2, 0) is 11.3 Å². The smallest absolute Gasteiger partial charge is 0.407 e. The highest BCUT2D eigenvalue weighted by molar-refractivity contribution is 5.87. The van der Waals surface area contributed by atoms with Gasteiger partial charge >= 0.3 is 12.1 Å². The number of aliphatic hydroxyl groups is 2. The number of aliphatic hydroxyl groups excluding tert-OH is 2. The summed E-state index contributed by atoms with van der Waals surface area (Å²) in [6, 6.07) is 6.33. The van der Waals surface area contributed by atoms with Gasteiger partial charge in [-0.15, -0.1) is 0 Å². The number of hydrogen-bond donors (Lipinski definition) is 4. The number of aromatic carboxylic acids is 1. The molecule has 4 saturated carbocycles. The zero-order valence-electron chi connectivity index (χ0n) is 23.8. The van der Waals surface area contributed by atoms with Crippen molar-refractivity contribution in [2.24, 2.45) is 46.3 Å². The van der Waals surface area contributed by atoms with Crippen molar-refractivity contribution in [3.8, 4) is 0 Å². The average Bonchev–Trinajstić information content (AvgIpc) is 3.26. The first kappa shape index (κ1) is 28.4. The van der Waals surface area contributed by atoms with Gasteiger partial charge in [0.15, 0.2) is 0 Å². The highest BCUT2D eigenvalue weighted by Crippen LogP contribution is 2.68. The maximum absolute atomic E-state index is 12.3. The Balaban J connectivity index is 1.13. The first-order chi connectivity index (χ1) is 18.5. The normalized spacial score (nSPS) is 40.1. The molecular weight excluding hydrogens is 494 g/mol. The largest absolute Gasteiger partial charge is 0.478 e. The van der Waals surface area contributed by atoms with Crippen LogP contribution in [0.15, 0.2) is 24.3 Å². The molecule has 1 aromatic carbocycles. The Morgan fingerprint density at radius 1 is 1.00 bits per heavy atom. The zero-order chi connectivity index (χ0) is 27.9. The molecule has 0 spiro atoms. The molecule has 0 bridgehead atoms. The van der Waals surface area contributed by atoms with Gasteiger partial charge in [-0.1, -0.05) is 32.9 Å². The lowest BCUT2D eigenvalue weighted by Crippen LogP contribution is -2.58. The summed E-state index contributed by atoms with van der Waals surface area (Å²) in [7, 11) is 0. The Hall–Kier alpha value is -2.12. The van der Waals surface area contributed by atoms with Gasteiger partial charge < -0.3 is 25.4 Å². The third-order valence-electron chi connectivity index (χ3n) is 11.9. The molecule has 1 aromatic rings. The summed E-state index contributed by atoms with van der Waals surface area (Å²) in [5.41, 5.74) is 1.43. The molecule has 4 N–H and O–H groups in total. The summed E-state index contributed by atoms with van der Waals surface area (Å²) in [6.07, 6.45) is 8.43. The van der Waals surface area contributed by atoms with Crippen LogP contribution in [0.5, 0.6) is 0 Å². The molecule has 7 nitrogen and oxygen atoms in total. The number of nitrogens with one attached hydrogen (secondary N) is 1. The molecule has 4 aliphatic carbocycles. The lowest BCUT2D eigenvalue weighted by Gasteiger charge is -2.62. The molecule has 2 unspecified atom stereocenters. The van der Waals surface area contributed by atoms with E-state index in [-0.39, 0.29) is 35.2 Å². The quantitative estimate of drug-likeness (QED) is 0.356. The van der Waals surface area contributed by atoms with E-state index in [0.29, 0.717) is 42.1 Å². The van der Waals surface area contributed by atoms with Crippen LogP contribution in [0.4, 0.5) is 4.79 Å². The van der Waals surface area contributed by atoms with E-state index >= 15 is 0 Å². The third-order valence-corrected chi connectivity index (χ3v) is 11.9. The number of alkyl carbamates (subject to hydrolysis) is 1. The van der Waals surface area contributed by atoms with E-state index in [1.807, 2.05) is 0 Å². The SMILES string of the molecule is C[C@H](CCNC(=O)OCc1ccc(C(=O)O)cc1)C1CC[C@H]2[C@@H]3[C@H](O)CC4C[C@H](O)CC[C@]4(C)[C@H]3CC[C@]12C. The topological polar surface area (TPSA) is 116 Å². The highest BCUT2D eigenvalue weighted by atomic mass is 16.5. The van der Waals surface area contributed by atoms with E-state index in [9.17, 15) is 19.8 Å². The van der Waals surface area contributed by atoms with Crippen molar-refractivity contribution < 1.29 is 29.6 Å². The molecule has 5 rings (SSSR count). The molecule has 7 heteroatoms. The van der Waals surface area contributed by atoms with Crippen LogP contribution in [0.1, 0.15) is 94.5 Å². The number of benzene rings is 1. The lowest BCUT2D eigenvalue weighted by atomic mass is 9.43. The standard InChI is InChI=1S/C32H47NO6/c1-19(12-15-33-30(38)39-18-20-4-6-21(7-5-20)29(36)37)24-8-9-25-28-26(11-14-32(24,25)3)31(2)13-10-23(34)16-22(31)17-27(28)35/h4-7,19,22-28,34-35H,8-18H2,1-3H3,(H,33,38)(H,36,37)/t19-,22?,23-,24?,25+,26+,27-,28+,31+,32-/m1/s1. The van der Waals surface area contributed by atoms with Crippen molar-refractivity contribution in [2.45, 2.75) is 97.4 Å². The van der Waals surface area contributed by atoms with Gasteiger partial charge in [-0.25, -0.2) is 9.59 Å². The molecule has 0 radical (unpaired) electrons. The molecule has 0 saturated heterocycles. The van der Waals surface area contributed by atoms with Crippen molar-refractivity contribution in [3.05, 3.63) is 35.4 Å². The molecule has 4 fully saturated rings. The zero-order valence-corrected chi connectivity index (χ0v) is 23.8. The Morgan fingerprint density at radius 2 is 1.69 bits per heavy atom.